The number of nitrogens with zero attached hydrogens (tertiary/aromatic N) is 1. The van der Waals surface area contributed by atoms with Crippen LogP contribution in [0.5, 0.6) is 0 Å². The van der Waals surface area contributed by atoms with E-state index in [1.54, 1.807) is 11.0 Å². The minimum Gasteiger partial charge on any atom is -0.507 e. The zero-order valence-electron chi connectivity index (χ0n) is 14.4. The van der Waals surface area contributed by atoms with Gasteiger partial charge in [-0.3, -0.25) is 0 Å². The molecule has 0 aliphatic carbocycles. The maximum absolute atomic E-state index is 2.43. The molecule has 0 saturated heterocycles. The first kappa shape index (κ1) is 16.3. The summed E-state index contributed by atoms with van der Waals surface area (Å²) in [5, 5.41) is 6.69. The van der Waals surface area contributed by atoms with Crippen LogP contribution in [0.3, 0.4) is 0 Å². The molecule has 0 atom stereocenters. The Bertz CT molecular complexity index is 808. The summed E-state index contributed by atoms with van der Waals surface area (Å²) in [4.78, 5) is 1.44. The fourth-order valence-corrected chi connectivity index (χ4v) is 7.91. The molecule has 0 spiro atoms. The second kappa shape index (κ2) is 5.99. The zero-order valence-corrected chi connectivity index (χ0v) is 16.8. The fraction of sp³-hybridized carbons (Fsp3) is 0.263. The van der Waals surface area contributed by atoms with E-state index in [0.717, 1.165) is 4.39 Å². The summed E-state index contributed by atoms with van der Waals surface area (Å²) in [7, 11) is 4.86. The molecule has 3 aromatic rings. The molecule has 0 fully saturated rings. The minimum absolute atomic E-state index is 0.997. The van der Waals surface area contributed by atoms with Crippen molar-refractivity contribution >= 4 is 55.3 Å². The van der Waals surface area contributed by atoms with E-state index in [9.17, 15) is 0 Å². The highest BCUT2D eigenvalue weighted by molar-refractivity contribution is 7.39. The summed E-state index contributed by atoms with van der Waals surface area (Å²) < 4.78 is 4.07. The van der Waals surface area contributed by atoms with Gasteiger partial charge in [-0.15, -0.1) is 16.8 Å². The average molecular weight is 371 g/mol. The first-order valence-electron chi connectivity index (χ1n) is 8.37. The molecular formula is C19H22BNS3. The standard InChI is InChI=1S/C19H22BNS3/c1-15-10-11-21(2,3)20(17-8-5-13-23-17,18-9-6-14-24-18)19(15)16-7-4-12-22-16/h4-9,12-14H,10-11H2,1-3H3. The van der Waals surface area contributed by atoms with E-state index >= 15 is 0 Å². The Morgan fingerprint density at radius 3 is 1.96 bits per heavy atom. The van der Waals surface area contributed by atoms with Crippen molar-refractivity contribution in [1.29, 1.82) is 0 Å². The molecule has 0 radical (unpaired) electrons. The molecule has 0 N–H and O–H groups in total. The predicted octanol–water partition coefficient (Wildman–Crippen LogP) is 4.42. The van der Waals surface area contributed by atoms with Gasteiger partial charge in [0.15, 0.2) is 0 Å². The SMILES string of the molecule is CC1=C(c2cccs2)[B-](c2cccs2)(c2cccs2)[N+](C)(C)CC1. The molecule has 0 saturated carbocycles. The second-order valence-corrected chi connectivity index (χ2v) is 10.2. The van der Waals surface area contributed by atoms with E-state index in [1.165, 1.54) is 27.4 Å². The Kier molecular flexibility index (Phi) is 4.08. The van der Waals surface area contributed by atoms with Crippen molar-refractivity contribution in [3.05, 3.63) is 63.0 Å². The highest BCUT2D eigenvalue weighted by atomic mass is 32.1. The van der Waals surface area contributed by atoms with Gasteiger partial charge in [-0.1, -0.05) is 45.5 Å². The zero-order chi connectivity index (χ0) is 16.8. The molecule has 0 aromatic carbocycles. The Hall–Kier alpha value is -1.14. The minimum atomic E-state index is -0.997. The quantitative estimate of drug-likeness (QED) is 0.598. The number of hydrogen-bond donors (Lipinski definition) is 0. The molecule has 3 aromatic heterocycles. The highest BCUT2D eigenvalue weighted by Crippen LogP contribution is 2.42. The molecule has 4 rings (SSSR count). The van der Waals surface area contributed by atoms with Crippen molar-refractivity contribution < 1.29 is 4.39 Å². The number of thiophene rings is 3. The van der Waals surface area contributed by atoms with Crippen LogP contribution in [0.15, 0.2) is 58.1 Å². The Labute approximate surface area is 156 Å². The van der Waals surface area contributed by atoms with Gasteiger partial charge in [0.1, 0.15) is 0 Å². The average Bonchev–Trinajstić information content (AvgIpc) is 3.32. The van der Waals surface area contributed by atoms with Crippen molar-refractivity contribution in [2.75, 3.05) is 20.6 Å². The summed E-state index contributed by atoms with van der Waals surface area (Å²) >= 11 is 5.73. The van der Waals surface area contributed by atoms with Gasteiger partial charge in [-0.05, 0) is 34.0 Å². The molecule has 24 heavy (non-hydrogen) atoms. The molecule has 0 amide bonds. The van der Waals surface area contributed by atoms with Gasteiger partial charge in [0.05, 0.1) is 0 Å². The largest absolute Gasteiger partial charge is 0.507 e. The van der Waals surface area contributed by atoms with Gasteiger partial charge in [-0.2, -0.15) is 22.7 Å². The first-order chi connectivity index (χ1) is 11.6. The summed E-state index contributed by atoms with van der Waals surface area (Å²) in [6.45, 7) is 3.54. The van der Waals surface area contributed by atoms with Crippen molar-refractivity contribution in [3.8, 4) is 0 Å². The van der Waals surface area contributed by atoms with Gasteiger partial charge >= 0.3 is 6.28 Å². The van der Waals surface area contributed by atoms with Crippen LogP contribution in [0, 0.1) is 0 Å². The third-order valence-electron chi connectivity index (χ3n) is 5.69. The van der Waals surface area contributed by atoms with Crippen molar-refractivity contribution in [3.63, 3.8) is 0 Å². The maximum Gasteiger partial charge on any atom is 0.310 e. The summed E-state index contributed by atoms with van der Waals surface area (Å²) in [5.41, 5.74) is 3.16. The lowest BCUT2D eigenvalue weighted by atomic mass is 9.24. The monoisotopic (exact) mass is 371 g/mol. The van der Waals surface area contributed by atoms with E-state index in [0.29, 0.717) is 0 Å². The van der Waals surface area contributed by atoms with E-state index in [2.05, 4.69) is 73.6 Å². The molecule has 1 nitrogen and oxygen atoms in total. The summed E-state index contributed by atoms with van der Waals surface area (Å²) in [6.07, 6.45) is 0.184. The van der Waals surface area contributed by atoms with Crippen LogP contribution in [-0.4, -0.2) is 31.3 Å². The number of quaternary nitrogens is 1. The molecule has 0 bridgehead atoms. The van der Waals surface area contributed by atoms with Gasteiger partial charge < -0.3 is 4.39 Å². The van der Waals surface area contributed by atoms with Gasteiger partial charge in [-0.25, -0.2) is 0 Å². The van der Waals surface area contributed by atoms with E-state index in [1.807, 2.05) is 34.0 Å². The molecule has 5 heteroatoms. The first-order valence-corrected chi connectivity index (χ1v) is 11.0. The van der Waals surface area contributed by atoms with E-state index < -0.39 is 6.28 Å². The lowest BCUT2D eigenvalue weighted by Crippen LogP contribution is -2.78. The topological polar surface area (TPSA) is 0 Å². The van der Waals surface area contributed by atoms with Gasteiger partial charge in [0.25, 0.3) is 0 Å². The third kappa shape index (κ3) is 2.22. The van der Waals surface area contributed by atoms with E-state index in [4.69, 9.17) is 0 Å². The highest BCUT2D eigenvalue weighted by Gasteiger charge is 2.52. The van der Waals surface area contributed by atoms with Crippen molar-refractivity contribution in [2.24, 2.45) is 0 Å². The van der Waals surface area contributed by atoms with Crippen LogP contribution < -0.4 is 9.55 Å². The third-order valence-corrected chi connectivity index (χ3v) is 8.67. The van der Waals surface area contributed by atoms with E-state index in [-0.39, 0.29) is 0 Å². The molecular weight excluding hydrogens is 349 g/mol. The van der Waals surface area contributed by atoms with Crippen LogP contribution in [0.25, 0.3) is 5.47 Å². The van der Waals surface area contributed by atoms with Crippen LogP contribution >= 0.6 is 34.0 Å². The molecule has 0 unspecified atom stereocenters. The number of hydrogen-bond acceptors (Lipinski definition) is 3. The number of rotatable bonds is 3. The van der Waals surface area contributed by atoms with Gasteiger partial charge in [0.2, 0.25) is 0 Å². The summed E-state index contributed by atoms with van der Waals surface area (Å²) in [5.74, 6) is 0. The maximum atomic E-state index is 2.43. The normalized spacial score (nSPS) is 19.6. The van der Waals surface area contributed by atoms with Crippen LogP contribution in [-0.2, 0) is 0 Å². The van der Waals surface area contributed by atoms with Crippen LogP contribution in [0.1, 0.15) is 18.2 Å². The lowest BCUT2D eigenvalue weighted by Gasteiger charge is -2.59. The smallest absolute Gasteiger partial charge is 0.310 e. The Morgan fingerprint density at radius 1 is 0.875 bits per heavy atom. The molecule has 4 heterocycles. The van der Waals surface area contributed by atoms with Crippen molar-refractivity contribution in [2.45, 2.75) is 13.3 Å². The fourth-order valence-electron chi connectivity index (χ4n) is 4.51. The predicted molar refractivity (Wildman–Crippen MR) is 112 cm³/mol. The van der Waals surface area contributed by atoms with Crippen molar-refractivity contribution in [1.82, 2.24) is 0 Å². The second-order valence-electron chi connectivity index (χ2n) is 7.27. The molecule has 1 aliphatic rings. The Morgan fingerprint density at radius 2 is 1.46 bits per heavy atom. The van der Waals surface area contributed by atoms with Crippen LogP contribution in [0.2, 0.25) is 0 Å². The lowest BCUT2D eigenvalue weighted by molar-refractivity contribution is -0.786. The molecule has 124 valence electrons. The van der Waals surface area contributed by atoms with Crippen LogP contribution in [0.4, 0.5) is 0 Å². The Balaban J connectivity index is 2.12. The van der Waals surface area contributed by atoms with Gasteiger partial charge in [0, 0.05) is 27.1 Å². The molecule has 1 aliphatic heterocycles. The summed E-state index contributed by atoms with van der Waals surface area (Å²) in [6, 6.07) is 13.7.